The summed E-state index contributed by atoms with van der Waals surface area (Å²) in [7, 11) is 0. The van der Waals surface area contributed by atoms with Crippen LogP contribution in [0.4, 0.5) is 0 Å². The van der Waals surface area contributed by atoms with Crippen molar-refractivity contribution in [2.75, 3.05) is 0 Å². The van der Waals surface area contributed by atoms with E-state index in [1.165, 1.54) is 0 Å². The molecular weight excluding hydrogens is 174 g/mol. The van der Waals surface area contributed by atoms with E-state index in [0.717, 1.165) is 0 Å². The molecule has 0 amide bonds. The molecule has 3 atom stereocenters. The van der Waals surface area contributed by atoms with E-state index in [1.54, 1.807) is 12.3 Å². The zero-order chi connectivity index (χ0) is 9.42. The fourth-order valence-electron chi connectivity index (χ4n) is 1.41. The molecule has 0 aromatic rings. The number of carbonyl (C=O) groups excluding carboxylic acids is 2. The monoisotopic (exact) mass is 183 g/mol. The van der Waals surface area contributed by atoms with Gasteiger partial charge in [0.2, 0.25) is 0 Å². The van der Waals surface area contributed by atoms with Gasteiger partial charge in [-0.1, -0.05) is 0 Å². The van der Waals surface area contributed by atoms with Crippen LogP contribution in [0.25, 0.3) is 0 Å². The Hall–Kier alpha value is -1.52. The van der Waals surface area contributed by atoms with E-state index in [0.29, 0.717) is 0 Å². The molecule has 1 N–H and O–H groups in total. The van der Waals surface area contributed by atoms with Crippen molar-refractivity contribution in [3.63, 3.8) is 0 Å². The smallest absolute Gasteiger partial charge is 0.418 e. The summed E-state index contributed by atoms with van der Waals surface area (Å²) in [5, 5.41) is 2.97. The fraction of sp³-hybridized carbons (Fsp3) is 0.500. The Bertz CT molecular complexity index is 286. The van der Waals surface area contributed by atoms with E-state index in [-0.39, 0.29) is 6.04 Å². The predicted octanol–water partition coefficient (Wildman–Crippen LogP) is -0.671. The van der Waals surface area contributed by atoms with Crippen LogP contribution in [0.1, 0.15) is 6.92 Å². The van der Waals surface area contributed by atoms with Crippen LogP contribution in [-0.2, 0) is 19.1 Å². The number of hydrogen-bond donors (Lipinski definition) is 1. The van der Waals surface area contributed by atoms with Gasteiger partial charge in [-0.05, 0) is 19.2 Å². The van der Waals surface area contributed by atoms with E-state index in [9.17, 15) is 9.59 Å². The molecule has 5 heteroatoms. The van der Waals surface area contributed by atoms with Crippen molar-refractivity contribution in [2.45, 2.75) is 25.2 Å². The Morgan fingerprint density at radius 3 is 2.77 bits per heavy atom. The van der Waals surface area contributed by atoms with Gasteiger partial charge >= 0.3 is 11.9 Å². The Morgan fingerprint density at radius 1 is 1.31 bits per heavy atom. The lowest BCUT2D eigenvalue weighted by molar-refractivity contribution is -0.193. The van der Waals surface area contributed by atoms with Crippen LogP contribution in [0.3, 0.4) is 0 Å². The number of esters is 2. The summed E-state index contributed by atoms with van der Waals surface area (Å²) in [5.74, 6) is -1.83. The van der Waals surface area contributed by atoms with Gasteiger partial charge in [0.25, 0.3) is 0 Å². The van der Waals surface area contributed by atoms with E-state index in [4.69, 9.17) is 9.47 Å². The molecule has 0 aromatic carbocycles. The van der Waals surface area contributed by atoms with Crippen molar-refractivity contribution in [3.05, 3.63) is 12.3 Å². The summed E-state index contributed by atoms with van der Waals surface area (Å²) in [6.45, 7) is 1.85. The molecule has 1 saturated heterocycles. The number of hydrogen-bond acceptors (Lipinski definition) is 5. The van der Waals surface area contributed by atoms with Crippen molar-refractivity contribution in [2.24, 2.45) is 0 Å². The van der Waals surface area contributed by atoms with Gasteiger partial charge in [0.15, 0.2) is 12.2 Å². The number of rotatable bonds is 0. The lowest BCUT2D eigenvalue weighted by Crippen LogP contribution is -2.54. The maximum absolute atomic E-state index is 10.8. The molecule has 2 aliphatic rings. The average molecular weight is 183 g/mol. The van der Waals surface area contributed by atoms with E-state index < -0.39 is 24.1 Å². The molecule has 0 aliphatic carbocycles. The van der Waals surface area contributed by atoms with Crippen molar-refractivity contribution < 1.29 is 19.1 Å². The summed E-state index contributed by atoms with van der Waals surface area (Å²) < 4.78 is 9.72. The molecule has 2 heterocycles. The Morgan fingerprint density at radius 2 is 2.00 bits per heavy atom. The Kier molecular flexibility index (Phi) is 1.72. The minimum atomic E-state index is -0.917. The summed E-state index contributed by atoms with van der Waals surface area (Å²) in [6, 6.07) is -0.0351. The third kappa shape index (κ3) is 1.26. The van der Waals surface area contributed by atoms with E-state index in [1.807, 2.05) is 6.92 Å². The lowest BCUT2D eigenvalue weighted by Gasteiger charge is -2.35. The highest BCUT2D eigenvalue weighted by atomic mass is 16.6. The molecule has 0 saturated carbocycles. The molecule has 0 radical (unpaired) electrons. The van der Waals surface area contributed by atoms with Crippen molar-refractivity contribution in [3.8, 4) is 0 Å². The van der Waals surface area contributed by atoms with Crippen molar-refractivity contribution in [1.29, 1.82) is 0 Å². The summed E-state index contributed by atoms with van der Waals surface area (Å²) in [6.07, 6.45) is 2.50. The molecule has 2 aliphatic heterocycles. The number of nitrogens with one attached hydrogen (secondary N) is 1. The van der Waals surface area contributed by atoms with Crippen molar-refractivity contribution in [1.82, 2.24) is 5.32 Å². The maximum atomic E-state index is 10.8. The summed E-state index contributed by atoms with van der Waals surface area (Å²) in [5.41, 5.74) is 0. The van der Waals surface area contributed by atoms with Crippen LogP contribution < -0.4 is 5.32 Å². The van der Waals surface area contributed by atoms with E-state index in [2.05, 4.69) is 5.32 Å². The molecule has 13 heavy (non-hydrogen) atoms. The predicted molar refractivity (Wildman–Crippen MR) is 41.5 cm³/mol. The largest absolute Gasteiger partial charge is 0.447 e. The molecule has 1 fully saturated rings. The lowest BCUT2D eigenvalue weighted by atomic mass is 10.0. The summed E-state index contributed by atoms with van der Waals surface area (Å²) in [4.78, 5) is 21.7. The van der Waals surface area contributed by atoms with Gasteiger partial charge in [-0.3, -0.25) is 0 Å². The number of ether oxygens (including phenoxy) is 2. The highest BCUT2D eigenvalue weighted by Crippen LogP contribution is 2.19. The average Bonchev–Trinajstić information content (AvgIpc) is 2.09. The minimum Gasteiger partial charge on any atom is -0.447 e. The normalized spacial score (nSPS) is 37.2. The molecule has 3 unspecified atom stereocenters. The molecule has 0 spiro atoms. The second kappa shape index (κ2) is 2.76. The zero-order valence-electron chi connectivity index (χ0n) is 7.02. The third-order valence-electron chi connectivity index (χ3n) is 2.11. The topological polar surface area (TPSA) is 64.6 Å². The summed E-state index contributed by atoms with van der Waals surface area (Å²) >= 11 is 0. The highest BCUT2D eigenvalue weighted by molar-refractivity contribution is 6.30. The standard InChI is InChI=1S/C8H9NO4/c1-4-6-5(2-3-9-4)12-7(10)8(11)13-6/h2-6,9H,1H3. The third-order valence-corrected chi connectivity index (χ3v) is 2.11. The van der Waals surface area contributed by atoms with Gasteiger partial charge in [0.1, 0.15) is 0 Å². The van der Waals surface area contributed by atoms with Gasteiger partial charge in [0.05, 0.1) is 6.04 Å². The Labute approximate surface area is 74.7 Å². The van der Waals surface area contributed by atoms with E-state index >= 15 is 0 Å². The SMILES string of the molecule is CC1NC=CC2OC(=O)C(=O)OC12. The maximum Gasteiger partial charge on any atom is 0.418 e. The Balaban J connectivity index is 2.20. The highest BCUT2D eigenvalue weighted by Gasteiger charge is 2.41. The first-order valence-electron chi connectivity index (χ1n) is 4.03. The molecule has 5 nitrogen and oxygen atoms in total. The first kappa shape index (κ1) is 8.10. The van der Waals surface area contributed by atoms with Crippen LogP contribution in [0, 0.1) is 0 Å². The fourth-order valence-corrected chi connectivity index (χ4v) is 1.41. The second-order valence-corrected chi connectivity index (χ2v) is 3.05. The number of fused-ring (bicyclic) bond motifs is 1. The first-order valence-corrected chi connectivity index (χ1v) is 4.03. The molecule has 0 aromatic heterocycles. The second-order valence-electron chi connectivity index (χ2n) is 3.05. The molecule has 2 rings (SSSR count). The van der Waals surface area contributed by atoms with Gasteiger partial charge in [-0.15, -0.1) is 0 Å². The van der Waals surface area contributed by atoms with Crippen LogP contribution in [0.15, 0.2) is 12.3 Å². The van der Waals surface area contributed by atoms with Crippen molar-refractivity contribution >= 4 is 11.9 Å². The zero-order valence-corrected chi connectivity index (χ0v) is 7.02. The van der Waals surface area contributed by atoms with Crippen LogP contribution in [0.2, 0.25) is 0 Å². The van der Waals surface area contributed by atoms with Gasteiger partial charge in [-0.25, -0.2) is 9.59 Å². The number of carbonyl (C=O) groups is 2. The van der Waals surface area contributed by atoms with Crippen LogP contribution >= 0.6 is 0 Å². The van der Waals surface area contributed by atoms with Crippen LogP contribution in [0.5, 0.6) is 0 Å². The van der Waals surface area contributed by atoms with Crippen LogP contribution in [-0.4, -0.2) is 30.2 Å². The van der Waals surface area contributed by atoms with Gasteiger partial charge < -0.3 is 14.8 Å². The van der Waals surface area contributed by atoms with Gasteiger partial charge in [0, 0.05) is 0 Å². The van der Waals surface area contributed by atoms with Gasteiger partial charge in [-0.2, -0.15) is 0 Å². The molecular formula is C8H9NO4. The molecule has 70 valence electrons. The minimum absolute atomic E-state index is 0.0351. The quantitative estimate of drug-likeness (QED) is 0.398. The molecule has 0 bridgehead atoms. The first-order chi connectivity index (χ1) is 6.18.